The molecule has 0 aliphatic carbocycles. The Bertz CT molecular complexity index is 502. The van der Waals surface area contributed by atoms with Crippen LogP contribution in [0.1, 0.15) is 30.1 Å². The van der Waals surface area contributed by atoms with Gasteiger partial charge in [-0.15, -0.1) is 12.4 Å². The normalized spacial score (nSPS) is 19.9. The van der Waals surface area contributed by atoms with Gasteiger partial charge in [-0.1, -0.05) is 0 Å². The van der Waals surface area contributed by atoms with Crippen molar-refractivity contribution in [3.05, 3.63) is 35.1 Å². The predicted molar refractivity (Wildman–Crippen MR) is 75.8 cm³/mol. The number of benzene rings is 1. The van der Waals surface area contributed by atoms with Crippen molar-refractivity contribution >= 4 is 18.3 Å². The zero-order valence-corrected chi connectivity index (χ0v) is 12.4. The Morgan fingerprint density at radius 3 is 2.43 bits per heavy atom. The first kappa shape index (κ1) is 17.8. The van der Waals surface area contributed by atoms with Crippen molar-refractivity contribution in [2.75, 3.05) is 13.1 Å². The highest BCUT2D eigenvalue weighted by Gasteiger charge is 2.29. The number of hydrogen-bond acceptors (Lipinski definition) is 2. The molecule has 3 nitrogen and oxygen atoms in total. The molecule has 1 heterocycles. The van der Waals surface area contributed by atoms with Crippen molar-refractivity contribution in [2.45, 2.75) is 25.8 Å². The standard InChI is InChI=1S/C14H17F3N2O.ClH/c1-8(18)9-3-2-4-19(7-9)14(20)13-11(16)5-10(15)6-12(13)17;/h5-6,8-9H,2-4,7,18H2,1H3;1H. The Hall–Kier alpha value is -1.27. The van der Waals surface area contributed by atoms with Crippen LogP contribution in [0.25, 0.3) is 0 Å². The Balaban J connectivity index is 0.00000220. The topological polar surface area (TPSA) is 46.3 Å². The number of amides is 1. The van der Waals surface area contributed by atoms with Crippen molar-refractivity contribution < 1.29 is 18.0 Å². The van der Waals surface area contributed by atoms with Gasteiger partial charge in [0.2, 0.25) is 0 Å². The van der Waals surface area contributed by atoms with Crippen molar-refractivity contribution in [3.63, 3.8) is 0 Å². The summed E-state index contributed by atoms with van der Waals surface area (Å²) < 4.78 is 40.1. The number of carbonyl (C=O) groups excluding carboxylic acids is 1. The Kier molecular flexibility index (Phi) is 6.04. The van der Waals surface area contributed by atoms with Gasteiger partial charge in [0.15, 0.2) is 0 Å². The minimum absolute atomic E-state index is 0. The SMILES string of the molecule is CC(N)C1CCCN(C(=O)c2c(F)cc(F)cc2F)C1.Cl. The minimum atomic E-state index is -1.17. The van der Waals surface area contributed by atoms with Gasteiger partial charge in [-0.05, 0) is 25.7 Å². The Labute approximate surface area is 127 Å². The lowest BCUT2D eigenvalue weighted by Crippen LogP contribution is -2.45. The van der Waals surface area contributed by atoms with E-state index in [4.69, 9.17) is 5.73 Å². The fraction of sp³-hybridized carbons (Fsp3) is 0.500. The molecule has 1 saturated heterocycles. The summed E-state index contributed by atoms with van der Waals surface area (Å²) in [5.41, 5.74) is 5.11. The molecule has 0 spiro atoms. The molecule has 1 aromatic rings. The van der Waals surface area contributed by atoms with E-state index in [0.717, 1.165) is 12.8 Å². The van der Waals surface area contributed by atoms with Crippen LogP contribution in [0.4, 0.5) is 13.2 Å². The fourth-order valence-corrected chi connectivity index (χ4v) is 2.53. The average Bonchev–Trinajstić information content (AvgIpc) is 2.37. The summed E-state index contributed by atoms with van der Waals surface area (Å²) in [7, 11) is 0. The molecule has 1 aliphatic heterocycles. The molecule has 2 N–H and O–H groups in total. The third kappa shape index (κ3) is 3.89. The maximum Gasteiger partial charge on any atom is 0.259 e. The highest BCUT2D eigenvalue weighted by molar-refractivity contribution is 5.94. The maximum atomic E-state index is 13.6. The van der Waals surface area contributed by atoms with Crippen molar-refractivity contribution in [1.82, 2.24) is 4.90 Å². The monoisotopic (exact) mass is 322 g/mol. The van der Waals surface area contributed by atoms with E-state index in [-0.39, 0.29) is 24.4 Å². The lowest BCUT2D eigenvalue weighted by molar-refractivity contribution is 0.0651. The highest BCUT2D eigenvalue weighted by Crippen LogP contribution is 2.23. The zero-order chi connectivity index (χ0) is 14.9. The average molecular weight is 323 g/mol. The van der Waals surface area contributed by atoms with E-state index in [2.05, 4.69) is 0 Å². The molecule has 2 atom stereocenters. The van der Waals surface area contributed by atoms with Crippen LogP contribution in [0, 0.1) is 23.4 Å². The van der Waals surface area contributed by atoms with Crippen LogP contribution in [-0.4, -0.2) is 29.9 Å². The van der Waals surface area contributed by atoms with Crippen molar-refractivity contribution in [1.29, 1.82) is 0 Å². The molecule has 7 heteroatoms. The summed E-state index contributed by atoms with van der Waals surface area (Å²) in [4.78, 5) is 13.6. The predicted octanol–water partition coefficient (Wildman–Crippen LogP) is 2.73. The van der Waals surface area contributed by atoms with E-state index >= 15 is 0 Å². The van der Waals surface area contributed by atoms with E-state index in [0.29, 0.717) is 25.2 Å². The third-order valence-corrected chi connectivity index (χ3v) is 3.71. The van der Waals surface area contributed by atoms with E-state index in [1.54, 1.807) is 0 Å². The number of nitrogens with zero attached hydrogens (tertiary/aromatic N) is 1. The number of piperidine rings is 1. The van der Waals surface area contributed by atoms with E-state index in [9.17, 15) is 18.0 Å². The first-order chi connectivity index (χ1) is 9.40. The second-order valence-electron chi connectivity index (χ2n) is 5.26. The van der Waals surface area contributed by atoms with Gasteiger partial charge in [0, 0.05) is 31.3 Å². The molecule has 1 aliphatic rings. The molecule has 1 aromatic carbocycles. The summed E-state index contributed by atoms with van der Waals surface area (Å²) in [6, 6.07) is 0.945. The van der Waals surface area contributed by atoms with Crippen molar-refractivity contribution in [3.8, 4) is 0 Å². The number of hydrogen-bond donors (Lipinski definition) is 1. The third-order valence-electron chi connectivity index (χ3n) is 3.71. The lowest BCUT2D eigenvalue weighted by atomic mass is 9.92. The van der Waals surface area contributed by atoms with Gasteiger partial charge >= 0.3 is 0 Å². The molecule has 118 valence electrons. The van der Waals surface area contributed by atoms with Gasteiger partial charge < -0.3 is 10.6 Å². The minimum Gasteiger partial charge on any atom is -0.338 e. The molecule has 2 unspecified atom stereocenters. The van der Waals surface area contributed by atoms with Crippen molar-refractivity contribution in [2.24, 2.45) is 11.7 Å². The zero-order valence-electron chi connectivity index (χ0n) is 11.6. The number of halogens is 4. The molecule has 2 rings (SSSR count). The van der Waals surface area contributed by atoms with Crippen LogP contribution in [-0.2, 0) is 0 Å². The van der Waals surface area contributed by atoms with Gasteiger partial charge in [-0.25, -0.2) is 13.2 Å². The summed E-state index contributed by atoms with van der Waals surface area (Å²) in [6.45, 7) is 2.64. The molecular weight excluding hydrogens is 305 g/mol. The van der Waals surface area contributed by atoms with Gasteiger partial charge in [0.25, 0.3) is 5.91 Å². The first-order valence-electron chi connectivity index (χ1n) is 6.59. The quantitative estimate of drug-likeness (QED) is 0.910. The van der Waals surface area contributed by atoms with E-state index in [1.807, 2.05) is 6.92 Å². The second-order valence-corrected chi connectivity index (χ2v) is 5.26. The molecule has 1 amide bonds. The van der Waals surface area contributed by atoms with Crippen LogP contribution < -0.4 is 5.73 Å². The Morgan fingerprint density at radius 1 is 1.33 bits per heavy atom. The summed E-state index contributed by atoms with van der Waals surface area (Å²) >= 11 is 0. The first-order valence-corrected chi connectivity index (χ1v) is 6.59. The van der Waals surface area contributed by atoms with Gasteiger partial charge in [-0.2, -0.15) is 0 Å². The molecule has 1 fully saturated rings. The molecule has 0 saturated carbocycles. The highest BCUT2D eigenvalue weighted by atomic mass is 35.5. The molecule has 0 bridgehead atoms. The smallest absolute Gasteiger partial charge is 0.259 e. The van der Waals surface area contributed by atoms with Crippen LogP contribution in [0.15, 0.2) is 12.1 Å². The summed E-state index contributed by atoms with van der Waals surface area (Å²) in [6.07, 6.45) is 1.62. The second kappa shape index (κ2) is 7.13. The van der Waals surface area contributed by atoms with Crippen LogP contribution in [0.3, 0.4) is 0 Å². The molecule has 21 heavy (non-hydrogen) atoms. The molecular formula is C14H18ClF3N2O. The lowest BCUT2D eigenvalue weighted by Gasteiger charge is -2.34. The van der Waals surface area contributed by atoms with Gasteiger partial charge in [0.1, 0.15) is 23.0 Å². The Morgan fingerprint density at radius 2 is 1.90 bits per heavy atom. The van der Waals surface area contributed by atoms with Gasteiger partial charge in [-0.3, -0.25) is 4.79 Å². The number of rotatable bonds is 2. The number of carbonyl (C=O) groups is 1. The molecule has 0 radical (unpaired) electrons. The number of likely N-dealkylation sites (tertiary alicyclic amines) is 1. The van der Waals surface area contributed by atoms with Gasteiger partial charge in [0.05, 0.1) is 0 Å². The van der Waals surface area contributed by atoms with Crippen LogP contribution >= 0.6 is 12.4 Å². The summed E-state index contributed by atoms with van der Waals surface area (Å²) in [5, 5.41) is 0. The fourth-order valence-electron chi connectivity index (χ4n) is 2.53. The van der Waals surface area contributed by atoms with E-state index < -0.39 is 28.9 Å². The van der Waals surface area contributed by atoms with Crippen LogP contribution in [0.5, 0.6) is 0 Å². The van der Waals surface area contributed by atoms with E-state index in [1.165, 1.54) is 4.90 Å². The number of nitrogens with two attached hydrogens (primary N) is 1. The molecule has 0 aromatic heterocycles. The summed E-state index contributed by atoms with van der Waals surface area (Å²) in [5.74, 6) is -4.01. The largest absolute Gasteiger partial charge is 0.338 e. The maximum absolute atomic E-state index is 13.6. The van der Waals surface area contributed by atoms with Crippen LogP contribution in [0.2, 0.25) is 0 Å².